The molecule has 8 nitrogen and oxygen atoms in total. The van der Waals surface area contributed by atoms with Gasteiger partial charge in [-0.3, -0.25) is 19.3 Å². The molecule has 3 aromatic rings. The number of fused-ring (bicyclic) bond motifs is 1. The van der Waals surface area contributed by atoms with Crippen LogP contribution in [-0.4, -0.2) is 64.2 Å². The number of thioether (sulfide) groups is 1. The number of esters is 1. The van der Waals surface area contributed by atoms with Crippen LogP contribution in [0.4, 0.5) is 0 Å². The van der Waals surface area contributed by atoms with Gasteiger partial charge in [-0.2, -0.15) is 0 Å². The molecule has 1 fully saturated rings. The zero-order valence-electron chi connectivity index (χ0n) is 21.6. The van der Waals surface area contributed by atoms with Crippen molar-refractivity contribution in [3.8, 4) is 0 Å². The highest BCUT2D eigenvalue weighted by Crippen LogP contribution is 2.41. The Labute approximate surface area is 230 Å². The molecule has 9 heteroatoms. The number of carbonyl (C=O) groups is 3. The molecule has 0 bridgehead atoms. The first-order chi connectivity index (χ1) is 18.9. The Morgan fingerprint density at radius 3 is 2.13 bits per heavy atom. The monoisotopic (exact) mass is 547 g/mol. The third-order valence-electron chi connectivity index (χ3n) is 6.78. The van der Waals surface area contributed by atoms with Gasteiger partial charge in [0.05, 0.1) is 24.3 Å². The predicted molar refractivity (Wildman–Crippen MR) is 144 cm³/mol. The number of hydrogen-bond donors (Lipinski definition) is 1. The van der Waals surface area contributed by atoms with Crippen LogP contribution < -0.4 is 0 Å². The van der Waals surface area contributed by atoms with Gasteiger partial charge in [-0.15, -0.1) is 0 Å². The van der Waals surface area contributed by atoms with E-state index in [9.17, 15) is 19.5 Å². The maximum Gasteiger partial charge on any atom is 0.303 e. The van der Waals surface area contributed by atoms with E-state index in [0.717, 1.165) is 20.9 Å². The van der Waals surface area contributed by atoms with Crippen LogP contribution >= 0.6 is 11.8 Å². The molecule has 0 aliphatic carbocycles. The Bertz CT molecular complexity index is 1310. The number of aliphatic hydroxyl groups excluding tert-OH is 1. The summed E-state index contributed by atoms with van der Waals surface area (Å²) in [4.78, 5) is 41.6. The van der Waals surface area contributed by atoms with Crippen molar-refractivity contribution in [3.63, 3.8) is 0 Å². The molecule has 0 aromatic heterocycles. The third-order valence-corrected chi connectivity index (χ3v) is 7.95. The Kier molecular flexibility index (Phi) is 8.13. The van der Waals surface area contributed by atoms with Crippen molar-refractivity contribution in [1.82, 2.24) is 4.90 Å². The topological polar surface area (TPSA) is 102 Å². The Hall–Kier alpha value is -3.50. The van der Waals surface area contributed by atoms with Gasteiger partial charge in [0.1, 0.15) is 23.7 Å². The molecule has 39 heavy (non-hydrogen) atoms. The van der Waals surface area contributed by atoms with Crippen molar-refractivity contribution in [3.05, 3.63) is 101 Å². The first-order valence-electron chi connectivity index (χ1n) is 12.7. The smallest absolute Gasteiger partial charge is 0.303 e. The first kappa shape index (κ1) is 27.1. The van der Waals surface area contributed by atoms with Gasteiger partial charge < -0.3 is 19.3 Å². The molecule has 1 N–H and O–H groups in total. The minimum Gasteiger partial charge on any atom is -0.457 e. The maximum absolute atomic E-state index is 13.6. The number of imide groups is 1. The molecule has 2 aliphatic rings. The summed E-state index contributed by atoms with van der Waals surface area (Å²) in [6.07, 6.45) is -2.93. The zero-order valence-corrected chi connectivity index (χ0v) is 22.4. The van der Waals surface area contributed by atoms with Gasteiger partial charge in [0.2, 0.25) is 0 Å². The molecule has 0 unspecified atom stereocenters. The molecule has 5 rings (SSSR count). The second-order valence-corrected chi connectivity index (χ2v) is 10.7. The van der Waals surface area contributed by atoms with Crippen molar-refractivity contribution in [1.29, 1.82) is 0 Å². The lowest BCUT2D eigenvalue weighted by Gasteiger charge is -2.47. The van der Waals surface area contributed by atoms with Crippen molar-refractivity contribution in [2.45, 2.75) is 55.1 Å². The molecule has 0 spiro atoms. The molecule has 2 aliphatic heterocycles. The van der Waals surface area contributed by atoms with E-state index in [1.807, 2.05) is 61.5 Å². The Morgan fingerprint density at radius 2 is 1.54 bits per heavy atom. The summed E-state index contributed by atoms with van der Waals surface area (Å²) in [6, 6.07) is 22.7. The summed E-state index contributed by atoms with van der Waals surface area (Å²) in [7, 11) is 0. The molecular weight excluding hydrogens is 518 g/mol. The van der Waals surface area contributed by atoms with Crippen LogP contribution in [0.5, 0.6) is 0 Å². The fourth-order valence-electron chi connectivity index (χ4n) is 4.93. The number of carbonyl (C=O) groups excluding carboxylic acids is 3. The van der Waals surface area contributed by atoms with Crippen molar-refractivity contribution in [2.24, 2.45) is 0 Å². The molecule has 0 radical (unpaired) electrons. The molecule has 202 valence electrons. The first-order valence-corrected chi connectivity index (χ1v) is 13.5. The lowest BCUT2D eigenvalue weighted by Crippen LogP contribution is -2.66. The van der Waals surface area contributed by atoms with Gasteiger partial charge in [-0.25, -0.2) is 0 Å². The largest absolute Gasteiger partial charge is 0.457 e. The van der Waals surface area contributed by atoms with Crippen LogP contribution in [0.25, 0.3) is 0 Å². The SMILES string of the molecule is CC(=O)O[C@H]1[C@H](OCc2ccccc2)[C@@H](CO)O[C@@H](Sc2ccc(C)cc2)[C@@H]1N1C(=O)c2ccccc2C1=O. The average molecular weight is 548 g/mol. The van der Waals surface area contributed by atoms with E-state index in [-0.39, 0.29) is 17.7 Å². The number of nitrogens with zero attached hydrogens (tertiary/aromatic N) is 1. The molecule has 2 heterocycles. The second kappa shape index (κ2) is 11.7. The fraction of sp³-hybridized carbons (Fsp3) is 0.300. The predicted octanol–water partition coefficient (Wildman–Crippen LogP) is 3.99. The Morgan fingerprint density at radius 1 is 0.923 bits per heavy atom. The quantitative estimate of drug-likeness (QED) is 0.334. The van der Waals surface area contributed by atoms with Crippen LogP contribution in [0.3, 0.4) is 0 Å². The Balaban J connectivity index is 1.55. The lowest BCUT2D eigenvalue weighted by molar-refractivity contribution is -0.216. The van der Waals surface area contributed by atoms with Crippen LogP contribution in [0, 0.1) is 6.92 Å². The number of ether oxygens (including phenoxy) is 3. The van der Waals surface area contributed by atoms with E-state index >= 15 is 0 Å². The third kappa shape index (κ3) is 5.62. The van der Waals surface area contributed by atoms with Crippen LogP contribution in [-0.2, 0) is 25.6 Å². The number of aryl methyl sites for hydroxylation is 1. The summed E-state index contributed by atoms with van der Waals surface area (Å²) in [5.74, 6) is -1.60. The normalized spacial score (nSPS) is 24.5. The van der Waals surface area contributed by atoms with E-state index < -0.39 is 54.2 Å². The van der Waals surface area contributed by atoms with Gasteiger partial charge in [0, 0.05) is 11.8 Å². The number of rotatable bonds is 8. The highest BCUT2D eigenvalue weighted by Gasteiger charge is 2.55. The van der Waals surface area contributed by atoms with Crippen molar-refractivity contribution < 1.29 is 33.7 Å². The molecule has 2 amide bonds. The minimum atomic E-state index is -1.10. The van der Waals surface area contributed by atoms with Crippen LogP contribution in [0.1, 0.15) is 38.8 Å². The number of aliphatic hydroxyl groups is 1. The van der Waals surface area contributed by atoms with Gasteiger partial charge in [0.25, 0.3) is 11.8 Å². The molecule has 1 saturated heterocycles. The average Bonchev–Trinajstić information content (AvgIpc) is 3.19. The summed E-state index contributed by atoms with van der Waals surface area (Å²) in [6.45, 7) is 2.96. The fourth-order valence-corrected chi connectivity index (χ4v) is 6.11. The minimum absolute atomic E-state index is 0.147. The number of amides is 2. The van der Waals surface area contributed by atoms with Crippen LogP contribution in [0.15, 0.2) is 83.8 Å². The van der Waals surface area contributed by atoms with E-state index in [4.69, 9.17) is 14.2 Å². The summed E-state index contributed by atoms with van der Waals surface area (Å²) < 4.78 is 18.4. The van der Waals surface area contributed by atoms with E-state index in [0.29, 0.717) is 0 Å². The molecule has 0 saturated carbocycles. The number of hydrogen-bond acceptors (Lipinski definition) is 8. The molecule has 3 aromatic carbocycles. The molecular formula is C30H29NO7S. The van der Waals surface area contributed by atoms with E-state index in [1.165, 1.54) is 18.7 Å². The zero-order chi connectivity index (χ0) is 27.5. The summed E-state index contributed by atoms with van der Waals surface area (Å²) >= 11 is 1.29. The van der Waals surface area contributed by atoms with Gasteiger partial charge in [0.15, 0.2) is 6.10 Å². The lowest BCUT2D eigenvalue weighted by atomic mass is 9.96. The van der Waals surface area contributed by atoms with Crippen molar-refractivity contribution >= 4 is 29.5 Å². The highest BCUT2D eigenvalue weighted by molar-refractivity contribution is 7.99. The standard InChI is InChI=1S/C30H29NO7S/c1-18-12-14-21(15-13-18)39-30-25(31-28(34)22-10-6-7-11-23(22)29(31)35)27(37-19(2)33)26(24(16-32)38-30)36-17-20-8-4-3-5-9-20/h3-15,24-27,30,32H,16-17H2,1-2H3/t24-,25-,26-,27-,30+/m1/s1. The summed E-state index contributed by atoms with van der Waals surface area (Å²) in [5, 5.41) is 10.3. The van der Waals surface area contributed by atoms with Gasteiger partial charge in [-0.1, -0.05) is 71.9 Å². The molecule has 5 atom stereocenters. The second-order valence-electron chi connectivity index (χ2n) is 9.51. The summed E-state index contributed by atoms with van der Waals surface area (Å²) in [5.41, 5.74) is 1.63. The maximum atomic E-state index is 13.6. The number of benzene rings is 3. The van der Waals surface area contributed by atoms with Crippen LogP contribution in [0.2, 0.25) is 0 Å². The van der Waals surface area contributed by atoms with Gasteiger partial charge >= 0.3 is 5.97 Å². The van der Waals surface area contributed by atoms with Crippen molar-refractivity contribution in [2.75, 3.05) is 6.61 Å². The highest BCUT2D eigenvalue weighted by atomic mass is 32.2. The van der Waals surface area contributed by atoms with E-state index in [1.54, 1.807) is 24.3 Å². The van der Waals surface area contributed by atoms with E-state index in [2.05, 4.69) is 0 Å². The van der Waals surface area contributed by atoms with Gasteiger partial charge in [-0.05, 0) is 36.8 Å².